The number of rotatable bonds is 7. The summed E-state index contributed by atoms with van der Waals surface area (Å²) < 4.78 is 77.5. The van der Waals surface area contributed by atoms with E-state index in [0.29, 0.717) is 29.6 Å². The third kappa shape index (κ3) is 4.33. The van der Waals surface area contributed by atoms with Crippen LogP contribution in [-0.2, 0) is 11.3 Å². The molecule has 14 heteroatoms. The molecule has 2 atom stereocenters. The Morgan fingerprint density at radius 3 is 2.86 bits per heavy atom. The van der Waals surface area contributed by atoms with Crippen LogP contribution in [0.15, 0.2) is 24.4 Å². The van der Waals surface area contributed by atoms with Crippen LogP contribution in [-0.4, -0.2) is 92.6 Å². The zero-order valence-corrected chi connectivity index (χ0v) is 19.7. The summed E-state index contributed by atoms with van der Waals surface area (Å²) in [6.45, 7) is 0.450. The van der Waals surface area contributed by atoms with Gasteiger partial charge in [0.1, 0.15) is 23.7 Å². The van der Waals surface area contributed by atoms with Crippen LogP contribution in [0, 0.1) is 5.82 Å². The van der Waals surface area contributed by atoms with Crippen LogP contribution in [0.25, 0.3) is 27.7 Å². The lowest BCUT2D eigenvalue weighted by Gasteiger charge is -2.42. The minimum atomic E-state index is -2.63. The first-order valence-corrected chi connectivity index (χ1v) is 11.7. The number of aromatic nitrogens is 6. The Kier molecular flexibility index (Phi) is 5.76. The second kappa shape index (κ2) is 9.41. The fraction of sp³-hybridized carbons (Fsp3) is 0.478. The summed E-state index contributed by atoms with van der Waals surface area (Å²) in [5.41, 5.74) is 1.41. The second-order valence-corrected chi connectivity index (χ2v) is 9.02. The first-order valence-electron chi connectivity index (χ1n) is 12.2. The number of hydrogen-bond donors (Lipinski definition) is 1. The van der Waals surface area contributed by atoms with E-state index in [2.05, 4.69) is 25.7 Å². The molecule has 196 valence electrons. The van der Waals surface area contributed by atoms with E-state index in [4.69, 9.17) is 10.8 Å². The van der Waals surface area contributed by atoms with Crippen molar-refractivity contribution in [3.8, 4) is 17.0 Å². The molecule has 2 aliphatic rings. The highest BCUT2D eigenvalue weighted by atomic mass is 19.3. The van der Waals surface area contributed by atoms with E-state index in [0.717, 1.165) is 10.9 Å². The molecule has 0 unspecified atom stereocenters. The molecule has 10 nitrogen and oxygen atoms in total. The molecule has 0 bridgehead atoms. The summed E-state index contributed by atoms with van der Waals surface area (Å²) in [6, 6.07) is 3.19. The number of nitrogens with zero attached hydrogens (tertiary/aromatic N) is 7. The first kappa shape index (κ1) is 22.7. The molecule has 0 aliphatic carbocycles. The topological polar surface area (TPSA) is 94.6 Å². The van der Waals surface area contributed by atoms with Gasteiger partial charge in [0, 0.05) is 13.1 Å². The fourth-order valence-corrected chi connectivity index (χ4v) is 4.78. The maximum atomic E-state index is 15.3. The first-order chi connectivity index (χ1) is 18.3. The number of likely N-dealkylation sites (tertiary alicyclic amines) is 1. The number of halogens is 4. The Morgan fingerprint density at radius 2 is 2.16 bits per heavy atom. The molecule has 37 heavy (non-hydrogen) atoms. The predicted molar refractivity (Wildman–Crippen MR) is 125 cm³/mol. The molecule has 0 saturated carbocycles. The predicted octanol–water partition coefficient (Wildman–Crippen LogP) is 2.78. The number of nitrogens with one attached hydrogen (secondary N) is 1. The zero-order valence-electron chi connectivity index (χ0n) is 20.7. The van der Waals surface area contributed by atoms with Crippen LogP contribution >= 0.6 is 0 Å². The molecule has 2 saturated heterocycles. The SMILES string of the molecule is [2H]C1(N2CC[C@@H](Nc3nc(OC)c4c(-c5ccc6nnn(CC(F)F)c6c5)c(F)cn4n3)[C@@H](F)C2)COC1. The summed E-state index contributed by atoms with van der Waals surface area (Å²) >= 11 is 0. The highest BCUT2D eigenvalue weighted by molar-refractivity contribution is 5.89. The van der Waals surface area contributed by atoms with Crippen LogP contribution in [0.4, 0.5) is 23.5 Å². The zero-order chi connectivity index (χ0) is 26.6. The summed E-state index contributed by atoms with van der Waals surface area (Å²) in [5, 5.41) is 15.0. The minimum Gasteiger partial charge on any atom is -0.479 e. The lowest BCUT2D eigenvalue weighted by molar-refractivity contribution is -0.0794. The molecular formula is C23H24F4N8O2. The van der Waals surface area contributed by atoms with Gasteiger partial charge in [-0.2, -0.15) is 4.98 Å². The summed E-state index contributed by atoms with van der Waals surface area (Å²) in [5.74, 6) is -0.536. The minimum absolute atomic E-state index is 0.0466. The number of benzene rings is 1. The van der Waals surface area contributed by atoms with E-state index in [1.807, 2.05) is 0 Å². The molecule has 6 rings (SSSR count). The van der Waals surface area contributed by atoms with E-state index in [-0.39, 0.29) is 42.7 Å². The Hall–Kier alpha value is -3.52. The van der Waals surface area contributed by atoms with Crippen LogP contribution in [0.5, 0.6) is 5.88 Å². The van der Waals surface area contributed by atoms with Crippen LogP contribution in [0.1, 0.15) is 7.79 Å². The Bertz CT molecular complexity index is 1490. The maximum Gasteiger partial charge on any atom is 0.258 e. The molecule has 1 N–H and O–H groups in total. The summed E-state index contributed by atoms with van der Waals surface area (Å²) in [6.07, 6.45) is -2.36. The van der Waals surface area contributed by atoms with Crippen molar-refractivity contribution in [3.05, 3.63) is 30.2 Å². The van der Waals surface area contributed by atoms with Crippen molar-refractivity contribution in [2.24, 2.45) is 0 Å². The van der Waals surface area contributed by atoms with Gasteiger partial charge < -0.3 is 14.8 Å². The highest BCUT2D eigenvalue weighted by Gasteiger charge is 2.36. The van der Waals surface area contributed by atoms with Crippen LogP contribution in [0.2, 0.25) is 0 Å². The molecule has 1 aromatic carbocycles. The Balaban J connectivity index is 1.31. The standard InChI is InChI=1S/C23H24F4N8O2/c1-36-22-21-20(12-2-3-17-18(6-12)34(32-30-17)9-19(26)27)15(25)8-35(21)31-23(29-22)28-16-4-5-33(7-14(16)24)13-10-37-11-13/h2-3,6,8,13-14,16,19H,4-5,7,9-11H2,1H3,(H,28,31)/t14-,16+/m0/s1/i13D. The number of alkyl halides is 3. The van der Waals surface area contributed by atoms with Gasteiger partial charge in [0.25, 0.3) is 6.43 Å². The average molecular weight is 521 g/mol. The van der Waals surface area contributed by atoms with E-state index in [9.17, 15) is 8.78 Å². The average Bonchev–Trinajstić information content (AvgIpc) is 3.42. The van der Waals surface area contributed by atoms with Crippen molar-refractivity contribution < 1.29 is 28.4 Å². The normalized spacial score (nSPS) is 22.4. The Labute approximate surface area is 209 Å². The largest absolute Gasteiger partial charge is 0.479 e. The van der Waals surface area contributed by atoms with Gasteiger partial charge in [-0.3, -0.25) is 4.90 Å². The number of hydrogen-bond acceptors (Lipinski definition) is 8. The molecule has 3 aromatic heterocycles. The van der Waals surface area contributed by atoms with Crippen molar-refractivity contribution in [2.45, 2.75) is 37.6 Å². The summed E-state index contributed by atoms with van der Waals surface area (Å²) in [4.78, 5) is 6.13. The molecule has 0 amide bonds. The van der Waals surface area contributed by atoms with E-state index in [1.165, 1.54) is 17.7 Å². The Morgan fingerprint density at radius 1 is 1.32 bits per heavy atom. The second-order valence-electron chi connectivity index (χ2n) is 9.02. The third-order valence-corrected chi connectivity index (χ3v) is 6.70. The number of methoxy groups -OCH3 is 1. The van der Waals surface area contributed by atoms with E-state index >= 15 is 8.78 Å². The number of anilines is 1. The van der Waals surface area contributed by atoms with Gasteiger partial charge in [0.15, 0.2) is 5.82 Å². The lowest BCUT2D eigenvalue weighted by atomic mass is 10.0. The molecule has 5 heterocycles. The number of fused-ring (bicyclic) bond motifs is 2. The van der Waals surface area contributed by atoms with Crippen molar-refractivity contribution >= 4 is 22.5 Å². The van der Waals surface area contributed by atoms with Crippen molar-refractivity contribution in [2.75, 3.05) is 38.7 Å². The number of ether oxygens (including phenoxy) is 2. The van der Waals surface area contributed by atoms with Gasteiger partial charge in [-0.15, -0.1) is 10.2 Å². The van der Waals surface area contributed by atoms with E-state index < -0.39 is 37.0 Å². The molecule has 4 aromatic rings. The lowest BCUT2D eigenvalue weighted by Crippen LogP contribution is -2.57. The van der Waals surface area contributed by atoms with Gasteiger partial charge in [0.2, 0.25) is 11.8 Å². The molecule has 0 radical (unpaired) electrons. The smallest absolute Gasteiger partial charge is 0.258 e. The molecule has 2 fully saturated rings. The van der Waals surface area contributed by atoms with Crippen molar-refractivity contribution in [3.63, 3.8) is 0 Å². The monoisotopic (exact) mass is 521 g/mol. The van der Waals surface area contributed by atoms with Crippen LogP contribution in [0.3, 0.4) is 0 Å². The number of piperidine rings is 1. The van der Waals surface area contributed by atoms with Crippen molar-refractivity contribution in [1.82, 2.24) is 34.5 Å². The highest BCUT2D eigenvalue weighted by Crippen LogP contribution is 2.35. The van der Waals surface area contributed by atoms with Gasteiger partial charge >= 0.3 is 0 Å². The molecule has 2 aliphatic heterocycles. The van der Waals surface area contributed by atoms with Crippen LogP contribution < -0.4 is 10.1 Å². The van der Waals surface area contributed by atoms with E-state index in [1.54, 1.807) is 17.0 Å². The molecular weight excluding hydrogens is 496 g/mol. The quantitative estimate of drug-likeness (QED) is 0.371. The van der Waals surface area contributed by atoms with Gasteiger partial charge in [-0.1, -0.05) is 11.3 Å². The van der Waals surface area contributed by atoms with Gasteiger partial charge in [-0.25, -0.2) is 26.8 Å². The van der Waals surface area contributed by atoms with Gasteiger partial charge in [-0.05, 0) is 24.1 Å². The third-order valence-electron chi connectivity index (χ3n) is 6.70. The maximum absolute atomic E-state index is 15.3. The fourth-order valence-electron chi connectivity index (χ4n) is 4.78. The van der Waals surface area contributed by atoms with Gasteiger partial charge in [0.05, 0.1) is 51.0 Å². The summed E-state index contributed by atoms with van der Waals surface area (Å²) in [7, 11) is 1.37. The van der Waals surface area contributed by atoms with Crippen molar-refractivity contribution in [1.29, 1.82) is 0 Å². The molecule has 0 spiro atoms.